The summed E-state index contributed by atoms with van der Waals surface area (Å²) in [6.45, 7) is 4.05. The summed E-state index contributed by atoms with van der Waals surface area (Å²) in [6, 6.07) is 8.76. The van der Waals surface area contributed by atoms with E-state index in [2.05, 4.69) is 23.2 Å². The van der Waals surface area contributed by atoms with Gasteiger partial charge in [0, 0.05) is 36.4 Å². The number of likely N-dealkylation sites (N-methyl/N-ethyl adjacent to an activating group) is 1. The second kappa shape index (κ2) is 9.12. The van der Waals surface area contributed by atoms with Gasteiger partial charge in [-0.3, -0.25) is 14.5 Å². The van der Waals surface area contributed by atoms with Gasteiger partial charge >= 0.3 is 0 Å². The molecule has 0 atom stereocenters. The smallest absolute Gasteiger partial charge is 0.251 e. The van der Waals surface area contributed by atoms with Crippen molar-refractivity contribution >= 4 is 11.8 Å². The van der Waals surface area contributed by atoms with E-state index in [1.165, 1.54) is 31.4 Å². The molecule has 2 amide bonds. The minimum atomic E-state index is 0.0209. The standard InChI is InChI=1S/C24H33N3O2/c1-2-27(22-6-4-3-5-7-22)23(28)17-26(21-14-15-21)16-18-8-10-19(11-9-18)24(29)25-20-12-13-20/h6,8-11,20-21H,2-5,7,12-17H2,1H3,(H,25,29). The fourth-order valence-electron chi connectivity index (χ4n) is 4.11. The first-order valence-corrected chi connectivity index (χ1v) is 11.3. The summed E-state index contributed by atoms with van der Waals surface area (Å²) in [6.07, 6.45) is 11.3. The van der Waals surface area contributed by atoms with Crippen LogP contribution in [0, 0.1) is 0 Å². The average Bonchev–Trinajstić information content (AvgIpc) is 3.64. The minimum absolute atomic E-state index is 0.0209. The normalized spacial score (nSPS) is 19.0. The van der Waals surface area contributed by atoms with Crippen molar-refractivity contribution < 1.29 is 9.59 Å². The van der Waals surface area contributed by atoms with E-state index in [1.54, 1.807) is 0 Å². The number of nitrogens with zero attached hydrogens (tertiary/aromatic N) is 2. The van der Waals surface area contributed by atoms with Crippen LogP contribution in [0.25, 0.3) is 0 Å². The minimum Gasteiger partial charge on any atom is -0.349 e. The third-order valence-electron chi connectivity index (χ3n) is 6.15. The molecule has 1 aromatic rings. The van der Waals surface area contributed by atoms with E-state index in [0.717, 1.165) is 49.9 Å². The van der Waals surface area contributed by atoms with Crippen LogP contribution in [0.4, 0.5) is 0 Å². The number of benzene rings is 1. The number of hydrogen-bond acceptors (Lipinski definition) is 3. The van der Waals surface area contributed by atoms with Crippen LogP contribution in [0.3, 0.4) is 0 Å². The molecular formula is C24H33N3O2. The van der Waals surface area contributed by atoms with Crippen LogP contribution in [-0.4, -0.2) is 46.8 Å². The maximum atomic E-state index is 13.0. The van der Waals surface area contributed by atoms with Gasteiger partial charge < -0.3 is 10.2 Å². The number of nitrogens with one attached hydrogen (secondary N) is 1. The van der Waals surface area contributed by atoms with Gasteiger partial charge in [-0.25, -0.2) is 0 Å². The van der Waals surface area contributed by atoms with E-state index in [4.69, 9.17) is 0 Å². The summed E-state index contributed by atoms with van der Waals surface area (Å²) in [7, 11) is 0. The largest absolute Gasteiger partial charge is 0.349 e. The maximum Gasteiger partial charge on any atom is 0.251 e. The van der Waals surface area contributed by atoms with Gasteiger partial charge in [0.25, 0.3) is 5.91 Å². The maximum absolute atomic E-state index is 13.0. The average molecular weight is 396 g/mol. The molecule has 29 heavy (non-hydrogen) atoms. The molecule has 0 aromatic heterocycles. The van der Waals surface area contributed by atoms with E-state index in [9.17, 15) is 9.59 Å². The molecule has 1 aromatic carbocycles. The molecular weight excluding hydrogens is 362 g/mol. The Hall–Kier alpha value is -2.14. The van der Waals surface area contributed by atoms with Crippen molar-refractivity contribution in [2.45, 2.75) is 76.9 Å². The first-order chi connectivity index (χ1) is 14.1. The summed E-state index contributed by atoms with van der Waals surface area (Å²) >= 11 is 0. The Labute approximate surface area is 174 Å². The van der Waals surface area contributed by atoms with Crippen molar-refractivity contribution in [3.63, 3.8) is 0 Å². The molecule has 2 saturated carbocycles. The highest BCUT2D eigenvalue weighted by atomic mass is 16.2. The molecule has 3 aliphatic rings. The molecule has 5 heteroatoms. The Morgan fingerprint density at radius 1 is 1.07 bits per heavy atom. The van der Waals surface area contributed by atoms with Gasteiger partial charge in [0.05, 0.1) is 6.54 Å². The lowest BCUT2D eigenvalue weighted by atomic mass is 10.0. The number of amides is 2. The molecule has 156 valence electrons. The first-order valence-electron chi connectivity index (χ1n) is 11.3. The monoisotopic (exact) mass is 395 g/mol. The molecule has 0 bridgehead atoms. The Morgan fingerprint density at radius 2 is 1.83 bits per heavy atom. The fraction of sp³-hybridized carbons (Fsp3) is 0.583. The zero-order chi connectivity index (χ0) is 20.2. The predicted octanol–water partition coefficient (Wildman–Crippen LogP) is 3.85. The molecule has 2 fully saturated rings. The van der Waals surface area contributed by atoms with Gasteiger partial charge in [0.2, 0.25) is 5.91 Å². The van der Waals surface area contributed by atoms with Crippen molar-refractivity contribution in [2.24, 2.45) is 0 Å². The van der Waals surface area contributed by atoms with Crippen molar-refractivity contribution in [1.29, 1.82) is 0 Å². The summed E-state index contributed by atoms with van der Waals surface area (Å²) in [5.74, 6) is 0.237. The molecule has 4 rings (SSSR count). The fourth-order valence-corrected chi connectivity index (χ4v) is 4.11. The van der Waals surface area contributed by atoms with E-state index in [0.29, 0.717) is 18.6 Å². The van der Waals surface area contributed by atoms with Crippen molar-refractivity contribution in [3.05, 3.63) is 47.2 Å². The molecule has 0 spiro atoms. The molecule has 0 radical (unpaired) electrons. The molecule has 0 heterocycles. The van der Waals surface area contributed by atoms with Gasteiger partial charge in [0.15, 0.2) is 0 Å². The van der Waals surface area contributed by atoms with Crippen LogP contribution in [0.15, 0.2) is 36.0 Å². The third kappa shape index (κ3) is 5.47. The summed E-state index contributed by atoms with van der Waals surface area (Å²) < 4.78 is 0. The quantitative estimate of drug-likeness (QED) is 0.691. The molecule has 5 nitrogen and oxygen atoms in total. The second-order valence-corrected chi connectivity index (χ2v) is 8.66. The lowest BCUT2D eigenvalue weighted by Gasteiger charge is -2.30. The molecule has 1 N–H and O–H groups in total. The van der Waals surface area contributed by atoms with Crippen LogP contribution in [-0.2, 0) is 11.3 Å². The topological polar surface area (TPSA) is 52.7 Å². The Morgan fingerprint density at radius 3 is 2.41 bits per heavy atom. The van der Waals surface area contributed by atoms with Crippen LogP contribution in [0.5, 0.6) is 0 Å². The molecule has 0 aliphatic heterocycles. The SMILES string of the molecule is CCN(C(=O)CN(Cc1ccc(C(=O)NC2CC2)cc1)C1CC1)C1=CCCCC1. The number of carbonyl (C=O) groups is 2. The van der Waals surface area contributed by atoms with Crippen LogP contribution < -0.4 is 5.32 Å². The van der Waals surface area contributed by atoms with Gasteiger partial charge in [-0.1, -0.05) is 18.2 Å². The number of carbonyl (C=O) groups excluding carboxylic acids is 2. The van der Waals surface area contributed by atoms with Crippen LogP contribution in [0.1, 0.15) is 74.2 Å². The summed E-state index contributed by atoms with van der Waals surface area (Å²) in [4.78, 5) is 29.5. The number of rotatable bonds is 9. The van der Waals surface area contributed by atoms with E-state index in [-0.39, 0.29) is 11.8 Å². The van der Waals surface area contributed by atoms with Crippen molar-refractivity contribution in [3.8, 4) is 0 Å². The zero-order valence-electron chi connectivity index (χ0n) is 17.5. The van der Waals surface area contributed by atoms with Crippen molar-refractivity contribution in [2.75, 3.05) is 13.1 Å². The Balaban J connectivity index is 1.37. The van der Waals surface area contributed by atoms with E-state index >= 15 is 0 Å². The van der Waals surface area contributed by atoms with Gasteiger partial charge in [-0.15, -0.1) is 0 Å². The van der Waals surface area contributed by atoms with E-state index < -0.39 is 0 Å². The van der Waals surface area contributed by atoms with Crippen LogP contribution in [0.2, 0.25) is 0 Å². The molecule has 0 unspecified atom stereocenters. The van der Waals surface area contributed by atoms with Gasteiger partial charge in [-0.05, 0) is 76.0 Å². The number of allylic oxidation sites excluding steroid dienone is 2. The first kappa shape index (κ1) is 20.1. The predicted molar refractivity (Wildman–Crippen MR) is 114 cm³/mol. The zero-order valence-corrected chi connectivity index (χ0v) is 17.5. The Kier molecular flexibility index (Phi) is 6.34. The lowest BCUT2D eigenvalue weighted by Crippen LogP contribution is -2.40. The Bertz CT molecular complexity index is 763. The third-order valence-corrected chi connectivity index (χ3v) is 6.15. The summed E-state index contributed by atoms with van der Waals surface area (Å²) in [5.41, 5.74) is 3.09. The van der Waals surface area contributed by atoms with Gasteiger partial charge in [0.1, 0.15) is 0 Å². The summed E-state index contributed by atoms with van der Waals surface area (Å²) in [5, 5.41) is 3.03. The van der Waals surface area contributed by atoms with E-state index in [1.807, 2.05) is 29.2 Å². The highest BCUT2D eigenvalue weighted by Crippen LogP contribution is 2.29. The van der Waals surface area contributed by atoms with Crippen LogP contribution >= 0.6 is 0 Å². The van der Waals surface area contributed by atoms with Crippen molar-refractivity contribution in [1.82, 2.24) is 15.1 Å². The van der Waals surface area contributed by atoms with Gasteiger partial charge in [-0.2, -0.15) is 0 Å². The highest BCUT2D eigenvalue weighted by molar-refractivity contribution is 5.94. The lowest BCUT2D eigenvalue weighted by molar-refractivity contribution is -0.130. The highest BCUT2D eigenvalue weighted by Gasteiger charge is 2.32. The number of hydrogen-bond donors (Lipinski definition) is 1. The second-order valence-electron chi connectivity index (χ2n) is 8.66. The molecule has 3 aliphatic carbocycles. The molecule has 0 saturated heterocycles.